The third kappa shape index (κ3) is 4.66. The molecule has 2 rings (SSSR count). The number of benzene rings is 1. The van der Waals surface area contributed by atoms with Gasteiger partial charge in [0.05, 0.1) is 13.5 Å². The van der Waals surface area contributed by atoms with Gasteiger partial charge in [-0.05, 0) is 30.5 Å². The van der Waals surface area contributed by atoms with Gasteiger partial charge in [0.1, 0.15) is 11.3 Å². The van der Waals surface area contributed by atoms with Crippen molar-refractivity contribution in [1.29, 1.82) is 0 Å². The highest BCUT2D eigenvalue weighted by molar-refractivity contribution is 5.89. The maximum absolute atomic E-state index is 12.3. The topological polar surface area (TPSA) is 64.6 Å². The van der Waals surface area contributed by atoms with Crippen LogP contribution in [0.2, 0.25) is 0 Å². The Morgan fingerprint density at radius 1 is 1.17 bits per heavy atom. The van der Waals surface area contributed by atoms with E-state index in [0.717, 1.165) is 19.3 Å². The van der Waals surface area contributed by atoms with E-state index >= 15 is 0 Å². The molecule has 0 atom stereocenters. The number of methoxy groups -OCH3 is 1. The van der Waals surface area contributed by atoms with Crippen molar-refractivity contribution < 1.29 is 27.8 Å². The number of carbonyl (C=O) groups is 2. The number of alkyl halides is 2. The van der Waals surface area contributed by atoms with Crippen molar-refractivity contribution in [3.63, 3.8) is 0 Å². The number of ether oxygens (including phenoxy) is 2. The summed E-state index contributed by atoms with van der Waals surface area (Å²) in [7, 11) is 1.31. The van der Waals surface area contributed by atoms with E-state index in [9.17, 15) is 18.4 Å². The molecule has 0 aromatic heterocycles. The first kappa shape index (κ1) is 18.2. The van der Waals surface area contributed by atoms with Crippen LogP contribution in [-0.4, -0.2) is 31.1 Å². The Morgan fingerprint density at radius 3 is 2.33 bits per heavy atom. The molecule has 7 heteroatoms. The van der Waals surface area contributed by atoms with Gasteiger partial charge < -0.3 is 14.8 Å². The highest BCUT2D eigenvalue weighted by Gasteiger charge is 2.41. The Morgan fingerprint density at radius 2 is 1.79 bits per heavy atom. The van der Waals surface area contributed by atoms with Crippen molar-refractivity contribution >= 4 is 11.9 Å². The van der Waals surface area contributed by atoms with Gasteiger partial charge >= 0.3 is 12.6 Å². The average molecular weight is 341 g/mol. The first-order chi connectivity index (χ1) is 11.4. The molecule has 0 radical (unpaired) electrons. The van der Waals surface area contributed by atoms with Crippen molar-refractivity contribution in [2.75, 3.05) is 7.11 Å². The third-order valence-corrected chi connectivity index (χ3v) is 4.18. The second-order valence-corrected chi connectivity index (χ2v) is 5.88. The molecule has 0 bridgehead atoms. The van der Waals surface area contributed by atoms with Crippen LogP contribution >= 0.6 is 0 Å². The molecule has 1 aliphatic rings. The van der Waals surface area contributed by atoms with Crippen molar-refractivity contribution in [2.45, 2.75) is 50.7 Å². The molecule has 1 N–H and O–H groups in total. The Balaban J connectivity index is 1.99. The molecule has 24 heavy (non-hydrogen) atoms. The van der Waals surface area contributed by atoms with E-state index in [1.165, 1.54) is 19.2 Å². The number of hydrogen-bond donors (Lipinski definition) is 1. The smallest absolute Gasteiger partial charge is 0.387 e. The summed E-state index contributed by atoms with van der Waals surface area (Å²) in [5, 5.41) is 2.81. The maximum Gasteiger partial charge on any atom is 0.387 e. The quantitative estimate of drug-likeness (QED) is 0.808. The molecule has 1 aromatic carbocycles. The Labute approximate surface area is 139 Å². The van der Waals surface area contributed by atoms with Crippen molar-refractivity contribution in [1.82, 2.24) is 5.32 Å². The summed E-state index contributed by atoms with van der Waals surface area (Å²) in [6.07, 6.45) is 3.91. The van der Waals surface area contributed by atoms with Gasteiger partial charge in [0.2, 0.25) is 5.91 Å². The molecular weight excluding hydrogens is 320 g/mol. The number of esters is 1. The van der Waals surface area contributed by atoms with Crippen LogP contribution in [0.4, 0.5) is 8.78 Å². The van der Waals surface area contributed by atoms with Crippen LogP contribution < -0.4 is 10.1 Å². The Kier molecular flexibility index (Phi) is 6.11. The van der Waals surface area contributed by atoms with Gasteiger partial charge in [0.25, 0.3) is 0 Å². The van der Waals surface area contributed by atoms with Gasteiger partial charge in [-0.25, -0.2) is 4.79 Å². The monoisotopic (exact) mass is 341 g/mol. The molecule has 1 amide bonds. The molecule has 1 aliphatic carbocycles. The molecule has 0 saturated heterocycles. The fourth-order valence-corrected chi connectivity index (χ4v) is 3.02. The number of amides is 1. The van der Waals surface area contributed by atoms with Crippen LogP contribution in [0.3, 0.4) is 0 Å². The maximum atomic E-state index is 12.3. The number of rotatable bonds is 6. The normalized spacial score (nSPS) is 16.5. The molecule has 0 spiro atoms. The van der Waals surface area contributed by atoms with Crippen LogP contribution in [0.25, 0.3) is 0 Å². The summed E-state index contributed by atoms with van der Waals surface area (Å²) in [6, 6.07) is 5.85. The van der Waals surface area contributed by atoms with E-state index < -0.39 is 18.1 Å². The first-order valence-electron chi connectivity index (χ1n) is 7.88. The molecule has 0 unspecified atom stereocenters. The minimum atomic E-state index is -2.88. The van der Waals surface area contributed by atoms with Crippen LogP contribution in [0.15, 0.2) is 24.3 Å². The van der Waals surface area contributed by atoms with Crippen molar-refractivity contribution in [2.24, 2.45) is 0 Å². The lowest BCUT2D eigenvalue weighted by Crippen LogP contribution is -2.56. The summed E-state index contributed by atoms with van der Waals surface area (Å²) in [5.41, 5.74) is -0.312. The molecule has 1 fully saturated rings. The van der Waals surface area contributed by atoms with E-state index in [4.69, 9.17) is 4.74 Å². The number of halogens is 2. The van der Waals surface area contributed by atoms with E-state index in [0.29, 0.717) is 18.4 Å². The zero-order valence-electron chi connectivity index (χ0n) is 13.5. The Bertz CT molecular complexity index is 568. The van der Waals surface area contributed by atoms with Gasteiger partial charge in [0.15, 0.2) is 0 Å². The zero-order chi connectivity index (χ0) is 17.6. The summed E-state index contributed by atoms with van der Waals surface area (Å²) in [6.45, 7) is -2.88. The van der Waals surface area contributed by atoms with Gasteiger partial charge in [0, 0.05) is 0 Å². The molecular formula is C17H21F2NO4. The largest absolute Gasteiger partial charge is 0.467 e. The van der Waals surface area contributed by atoms with Crippen LogP contribution in [0.5, 0.6) is 5.75 Å². The van der Waals surface area contributed by atoms with Crippen LogP contribution in [-0.2, 0) is 20.7 Å². The lowest BCUT2D eigenvalue weighted by Gasteiger charge is -2.35. The molecule has 5 nitrogen and oxygen atoms in total. The molecule has 132 valence electrons. The lowest BCUT2D eigenvalue weighted by molar-refractivity contribution is -0.152. The van der Waals surface area contributed by atoms with Crippen molar-refractivity contribution in [3.8, 4) is 5.75 Å². The van der Waals surface area contributed by atoms with E-state index in [1.54, 1.807) is 12.1 Å². The Hall–Kier alpha value is -2.18. The van der Waals surface area contributed by atoms with E-state index in [2.05, 4.69) is 10.1 Å². The second kappa shape index (κ2) is 8.08. The molecule has 0 heterocycles. The second-order valence-electron chi connectivity index (χ2n) is 5.88. The van der Waals surface area contributed by atoms with Gasteiger partial charge in [-0.15, -0.1) is 0 Å². The van der Waals surface area contributed by atoms with Gasteiger partial charge in [-0.1, -0.05) is 31.4 Å². The highest BCUT2D eigenvalue weighted by Crippen LogP contribution is 2.29. The fourth-order valence-electron chi connectivity index (χ4n) is 3.02. The first-order valence-corrected chi connectivity index (χ1v) is 7.88. The zero-order valence-corrected chi connectivity index (χ0v) is 13.5. The summed E-state index contributed by atoms with van der Waals surface area (Å²) >= 11 is 0. The average Bonchev–Trinajstić information content (AvgIpc) is 2.56. The van der Waals surface area contributed by atoms with Crippen LogP contribution in [0, 0.1) is 0 Å². The summed E-state index contributed by atoms with van der Waals surface area (Å²) in [5.74, 6) is -0.687. The minimum Gasteiger partial charge on any atom is -0.467 e. The molecule has 0 aliphatic heterocycles. The summed E-state index contributed by atoms with van der Waals surface area (Å²) < 4.78 is 33.3. The predicted molar refractivity (Wildman–Crippen MR) is 82.8 cm³/mol. The number of hydrogen-bond acceptors (Lipinski definition) is 4. The van der Waals surface area contributed by atoms with E-state index in [1.807, 2.05) is 0 Å². The third-order valence-electron chi connectivity index (χ3n) is 4.18. The van der Waals surface area contributed by atoms with E-state index in [-0.39, 0.29) is 18.1 Å². The number of nitrogens with one attached hydrogen (secondary N) is 1. The number of carbonyl (C=O) groups excluding carboxylic acids is 2. The predicted octanol–water partition coefficient (Wildman–Crippen LogP) is 2.82. The standard InChI is InChI=1S/C17H21F2NO4/c1-23-15(22)17(9-3-2-4-10-17)20-14(21)11-12-5-7-13(8-6-12)24-16(18)19/h5-8,16H,2-4,9-11H2,1H3,(H,20,21). The van der Waals surface area contributed by atoms with Gasteiger partial charge in [-0.3, -0.25) is 4.79 Å². The lowest BCUT2D eigenvalue weighted by atomic mass is 9.81. The SMILES string of the molecule is COC(=O)C1(NC(=O)Cc2ccc(OC(F)F)cc2)CCCCC1. The highest BCUT2D eigenvalue weighted by atomic mass is 19.3. The van der Waals surface area contributed by atoms with Crippen molar-refractivity contribution in [3.05, 3.63) is 29.8 Å². The van der Waals surface area contributed by atoms with Crippen LogP contribution in [0.1, 0.15) is 37.7 Å². The minimum absolute atomic E-state index is 0.0347. The fraction of sp³-hybridized carbons (Fsp3) is 0.529. The molecule has 1 aromatic rings. The molecule has 1 saturated carbocycles. The van der Waals surface area contributed by atoms with Gasteiger partial charge in [-0.2, -0.15) is 8.78 Å². The summed E-state index contributed by atoms with van der Waals surface area (Å²) in [4.78, 5) is 24.4.